The van der Waals surface area contributed by atoms with Gasteiger partial charge in [0, 0.05) is 25.2 Å². The second-order valence-electron chi connectivity index (χ2n) is 7.97. The smallest absolute Gasteiger partial charge is 0.280 e. The van der Waals surface area contributed by atoms with Crippen molar-refractivity contribution in [2.45, 2.75) is 25.7 Å². The Hall–Kier alpha value is -3.42. The van der Waals surface area contributed by atoms with E-state index < -0.39 is 6.43 Å². The molecule has 1 aliphatic rings. The normalized spacial score (nSPS) is 19.3. The Bertz CT molecular complexity index is 1190. The van der Waals surface area contributed by atoms with Crippen molar-refractivity contribution in [2.24, 2.45) is 5.92 Å². The quantitative estimate of drug-likeness (QED) is 0.477. The maximum absolute atomic E-state index is 13.5. The number of halogens is 2. The lowest BCUT2D eigenvalue weighted by Gasteiger charge is -2.38. The minimum absolute atomic E-state index is 0.000585. The van der Waals surface area contributed by atoms with E-state index in [1.807, 2.05) is 30.5 Å². The number of fused-ring (bicyclic) bond motifs is 1. The molecule has 5 rings (SSSR count). The summed E-state index contributed by atoms with van der Waals surface area (Å²) in [6.07, 6.45) is 1.45. The summed E-state index contributed by atoms with van der Waals surface area (Å²) in [7, 11) is 0. The van der Waals surface area contributed by atoms with Gasteiger partial charge in [0.05, 0.1) is 5.69 Å². The van der Waals surface area contributed by atoms with Crippen LogP contribution in [0.2, 0.25) is 0 Å². The average Bonchev–Trinajstić information content (AvgIpc) is 3.28. The van der Waals surface area contributed by atoms with E-state index in [0.717, 1.165) is 29.9 Å². The van der Waals surface area contributed by atoms with Crippen LogP contribution in [0, 0.1) is 5.92 Å². The Kier molecular flexibility index (Phi) is 5.05. The van der Waals surface area contributed by atoms with E-state index in [1.54, 1.807) is 4.52 Å². The van der Waals surface area contributed by atoms with Gasteiger partial charge in [-0.1, -0.05) is 37.3 Å². The van der Waals surface area contributed by atoms with Gasteiger partial charge in [-0.25, -0.2) is 23.3 Å². The van der Waals surface area contributed by atoms with Crippen molar-refractivity contribution in [1.29, 1.82) is 0 Å². The Balaban J connectivity index is 1.49. The molecule has 4 heterocycles. The van der Waals surface area contributed by atoms with Gasteiger partial charge in [-0.05, 0) is 41.7 Å². The van der Waals surface area contributed by atoms with Gasteiger partial charge in [0.2, 0.25) is 0 Å². The second-order valence-corrected chi connectivity index (χ2v) is 7.97. The van der Waals surface area contributed by atoms with Crippen LogP contribution in [-0.4, -0.2) is 37.7 Å². The number of benzene rings is 1. The van der Waals surface area contributed by atoms with E-state index in [-0.39, 0.29) is 17.4 Å². The molecule has 31 heavy (non-hydrogen) atoms. The van der Waals surface area contributed by atoms with Crippen LogP contribution in [0.3, 0.4) is 0 Å². The van der Waals surface area contributed by atoms with Crippen LogP contribution >= 0.6 is 0 Å². The van der Waals surface area contributed by atoms with Crippen molar-refractivity contribution in [3.63, 3.8) is 0 Å². The Morgan fingerprint density at radius 3 is 2.68 bits per heavy atom. The van der Waals surface area contributed by atoms with Gasteiger partial charge in [-0.15, -0.1) is 0 Å². The van der Waals surface area contributed by atoms with Crippen molar-refractivity contribution >= 4 is 11.6 Å². The standard InChI is InChI=1S/C23H22F2N6/c1-15-8-10-30(21-11-17(7-9-26-21)16-5-3-2-4-6-16)13-18(15)20-12-19(22(24)25)29-23-27-14-28-31(20)23/h2-7,9,11-12,14-15,18,22H,8,10,13H2,1H3/t15-,18-/m1/s1. The highest BCUT2D eigenvalue weighted by Crippen LogP contribution is 2.35. The molecule has 2 atom stereocenters. The molecule has 1 aromatic carbocycles. The zero-order chi connectivity index (χ0) is 21.4. The molecule has 8 heteroatoms. The molecule has 0 bridgehead atoms. The lowest BCUT2D eigenvalue weighted by atomic mass is 9.84. The van der Waals surface area contributed by atoms with Crippen LogP contribution in [0.5, 0.6) is 0 Å². The van der Waals surface area contributed by atoms with E-state index in [4.69, 9.17) is 0 Å². The average molecular weight is 420 g/mol. The van der Waals surface area contributed by atoms with Crippen LogP contribution < -0.4 is 4.90 Å². The van der Waals surface area contributed by atoms with E-state index in [0.29, 0.717) is 18.2 Å². The van der Waals surface area contributed by atoms with Crippen molar-refractivity contribution in [1.82, 2.24) is 24.6 Å². The van der Waals surface area contributed by atoms with Gasteiger partial charge in [-0.2, -0.15) is 10.1 Å². The van der Waals surface area contributed by atoms with E-state index >= 15 is 0 Å². The predicted molar refractivity (Wildman–Crippen MR) is 114 cm³/mol. The van der Waals surface area contributed by atoms with Gasteiger partial charge in [0.25, 0.3) is 12.2 Å². The summed E-state index contributed by atoms with van der Waals surface area (Å²) < 4.78 is 28.5. The number of aromatic nitrogens is 5. The monoisotopic (exact) mass is 420 g/mol. The molecule has 0 spiro atoms. The predicted octanol–water partition coefficient (Wildman–Crippen LogP) is 4.75. The molecule has 1 fully saturated rings. The SMILES string of the molecule is C[C@@H]1CCN(c2cc(-c3ccccc3)ccn2)C[C@H]1c1cc(C(F)F)nc2ncnn12. The third-order valence-electron chi connectivity index (χ3n) is 6.04. The molecule has 0 saturated carbocycles. The highest BCUT2D eigenvalue weighted by molar-refractivity contribution is 5.66. The third-order valence-corrected chi connectivity index (χ3v) is 6.04. The van der Waals surface area contributed by atoms with Crippen molar-refractivity contribution in [2.75, 3.05) is 18.0 Å². The fourth-order valence-electron chi connectivity index (χ4n) is 4.29. The zero-order valence-electron chi connectivity index (χ0n) is 17.1. The number of pyridine rings is 1. The van der Waals surface area contributed by atoms with Crippen molar-refractivity contribution < 1.29 is 8.78 Å². The number of anilines is 1. The Labute approximate surface area is 178 Å². The van der Waals surface area contributed by atoms with E-state index in [9.17, 15) is 8.78 Å². The fraction of sp³-hybridized carbons (Fsp3) is 0.304. The molecule has 0 unspecified atom stereocenters. The molecular weight excluding hydrogens is 398 g/mol. The van der Waals surface area contributed by atoms with E-state index in [2.05, 4.69) is 50.1 Å². The van der Waals surface area contributed by atoms with Crippen molar-refractivity contribution in [3.8, 4) is 11.1 Å². The molecule has 0 amide bonds. The number of hydrogen-bond donors (Lipinski definition) is 0. The topological polar surface area (TPSA) is 59.2 Å². The van der Waals surface area contributed by atoms with Gasteiger partial charge in [-0.3, -0.25) is 0 Å². The van der Waals surface area contributed by atoms with Crippen LogP contribution in [0.15, 0.2) is 61.1 Å². The summed E-state index contributed by atoms with van der Waals surface area (Å²) in [5, 5.41) is 4.24. The number of piperidine rings is 1. The summed E-state index contributed by atoms with van der Waals surface area (Å²) >= 11 is 0. The number of nitrogens with zero attached hydrogens (tertiary/aromatic N) is 6. The van der Waals surface area contributed by atoms with Gasteiger partial charge in [0.15, 0.2) is 0 Å². The van der Waals surface area contributed by atoms with Gasteiger partial charge >= 0.3 is 0 Å². The second kappa shape index (κ2) is 8.02. The first-order valence-corrected chi connectivity index (χ1v) is 10.4. The first-order valence-electron chi connectivity index (χ1n) is 10.4. The lowest BCUT2D eigenvalue weighted by Crippen LogP contribution is -2.39. The minimum atomic E-state index is -2.65. The van der Waals surface area contributed by atoms with Crippen LogP contribution in [0.4, 0.5) is 14.6 Å². The van der Waals surface area contributed by atoms with E-state index in [1.165, 1.54) is 12.4 Å². The number of rotatable bonds is 4. The largest absolute Gasteiger partial charge is 0.356 e. The molecule has 0 radical (unpaired) electrons. The first kappa shape index (κ1) is 19.5. The number of hydrogen-bond acceptors (Lipinski definition) is 5. The number of alkyl halides is 2. The summed E-state index contributed by atoms with van der Waals surface area (Å²) in [4.78, 5) is 14.8. The highest BCUT2D eigenvalue weighted by atomic mass is 19.3. The molecule has 1 aliphatic heterocycles. The zero-order valence-corrected chi connectivity index (χ0v) is 17.1. The Morgan fingerprint density at radius 2 is 1.87 bits per heavy atom. The van der Waals surface area contributed by atoms with Gasteiger partial charge < -0.3 is 4.90 Å². The first-order chi connectivity index (χ1) is 15.1. The fourth-order valence-corrected chi connectivity index (χ4v) is 4.29. The summed E-state index contributed by atoms with van der Waals surface area (Å²) in [5.74, 6) is 1.40. The summed E-state index contributed by atoms with van der Waals surface area (Å²) in [6.45, 7) is 3.67. The maximum atomic E-state index is 13.5. The van der Waals surface area contributed by atoms with Crippen LogP contribution in [0.25, 0.3) is 16.9 Å². The maximum Gasteiger partial charge on any atom is 0.280 e. The van der Waals surface area contributed by atoms with Gasteiger partial charge in [0.1, 0.15) is 17.8 Å². The highest BCUT2D eigenvalue weighted by Gasteiger charge is 2.31. The van der Waals surface area contributed by atoms with Crippen LogP contribution in [-0.2, 0) is 0 Å². The molecular formula is C23H22F2N6. The summed E-state index contributed by atoms with van der Waals surface area (Å²) in [5.41, 5.74) is 2.69. The lowest BCUT2D eigenvalue weighted by molar-refractivity contribution is 0.146. The molecule has 0 aliphatic carbocycles. The molecule has 1 saturated heterocycles. The van der Waals surface area contributed by atoms with Crippen LogP contribution in [0.1, 0.15) is 37.1 Å². The Morgan fingerprint density at radius 1 is 1.03 bits per heavy atom. The minimum Gasteiger partial charge on any atom is -0.356 e. The molecule has 0 N–H and O–H groups in total. The third kappa shape index (κ3) is 3.73. The summed E-state index contributed by atoms with van der Waals surface area (Å²) in [6, 6.07) is 15.7. The molecule has 158 valence electrons. The molecule has 3 aromatic heterocycles. The van der Waals surface area contributed by atoms with Crippen molar-refractivity contribution in [3.05, 3.63) is 72.4 Å². The molecule has 4 aromatic rings. The molecule has 6 nitrogen and oxygen atoms in total.